The lowest BCUT2D eigenvalue weighted by atomic mass is 10.0. The number of likely N-dealkylation sites (tertiary alicyclic amines) is 1. The highest BCUT2D eigenvalue weighted by molar-refractivity contribution is 5.73. The maximum Gasteiger partial charge on any atom is 0.219 e. The minimum atomic E-state index is 0.155. The van der Waals surface area contributed by atoms with Gasteiger partial charge in [0, 0.05) is 26.2 Å². The molecule has 0 spiro atoms. The van der Waals surface area contributed by atoms with Gasteiger partial charge in [0.05, 0.1) is 28.8 Å². The van der Waals surface area contributed by atoms with Crippen LogP contribution >= 0.6 is 0 Å². The number of aromatic nitrogens is 3. The summed E-state index contributed by atoms with van der Waals surface area (Å²) >= 11 is 0. The van der Waals surface area contributed by atoms with E-state index < -0.39 is 0 Å². The van der Waals surface area contributed by atoms with E-state index in [-0.39, 0.29) is 5.91 Å². The highest BCUT2D eigenvalue weighted by atomic mass is 16.5. The summed E-state index contributed by atoms with van der Waals surface area (Å²) in [5.41, 5.74) is 3.50. The fraction of sp³-hybridized carbons (Fsp3) is 0.500. The van der Waals surface area contributed by atoms with Gasteiger partial charge in [-0.1, -0.05) is 5.16 Å². The second-order valence-corrected chi connectivity index (χ2v) is 5.92. The molecule has 0 radical (unpaired) electrons. The van der Waals surface area contributed by atoms with Crippen molar-refractivity contribution in [3.8, 4) is 11.3 Å². The number of carbonyl (C=O) groups is 1. The minimum Gasteiger partial charge on any atom is -0.361 e. The van der Waals surface area contributed by atoms with Crippen LogP contribution in [0.25, 0.3) is 11.3 Å². The predicted molar refractivity (Wildman–Crippen MR) is 81.1 cm³/mol. The Labute approximate surface area is 129 Å². The van der Waals surface area contributed by atoms with Crippen molar-refractivity contribution in [2.45, 2.75) is 33.6 Å². The Kier molecular flexibility index (Phi) is 3.92. The molecule has 2 aromatic rings. The zero-order valence-electron chi connectivity index (χ0n) is 13.2. The normalized spacial score (nSPS) is 18.0. The number of amides is 1. The zero-order chi connectivity index (χ0) is 15.7. The highest BCUT2D eigenvalue weighted by Crippen LogP contribution is 2.25. The molecular weight excluding hydrogens is 280 g/mol. The molecule has 1 fully saturated rings. The van der Waals surface area contributed by atoms with Gasteiger partial charge in [0.1, 0.15) is 5.76 Å². The molecule has 0 aromatic carbocycles. The molecular formula is C16H20N4O2. The van der Waals surface area contributed by atoms with Crippen LogP contribution in [0.4, 0.5) is 0 Å². The van der Waals surface area contributed by atoms with Gasteiger partial charge < -0.3 is 9.42 Å². The standard InChI is InChI=1S/C16H20N4O2/c1-10-16(11(2)22-19-10)15-8-17-14(7-18-15)6-13-4-5-20(9-13)12(3)21/h7-8,13H,4-6,9H2,1-3H3. The van der Waals surface area contributed by atoms with Gasteiger partial charge in [0.2, 0.25) is 5.91 Å². The highest BCUT2D eigenvalue weighted by Gasteiger charge is 2.24. The summed E-state index contributed by atoms with van der Waals surface area (Å²) in [6.45, 7) is 7.07. The van der Waals surface area contributed by atoms with Gasteiger partial charge in [-0.05, 0) is 32.6 Å². The van der Waals surface area contributed by atoms with Gasteiger partial charge in [-0.2, -0.15) is 0 Å². The van der Waals surface area contributed by atoms with E-state index in [1.807, 2.05) is 24.9 Å². The molecule has 1 amide bonds. The van der Waals surface area contributed by atoms with Gasteiger partial charge >= 0.3 is 0 Å². The number of hydrogen-bond donors (Lipinski definition) is 0. The van der Waals surface area contributed by atoms with Crippen LogP contribution in [-0.4, -0.2) is 39.0 Å². The Morgan fingerprint density at radius 2 is 2.18 bits per heavy atom. The van der Waals surface area contributed by atoms with Crippen molar-refractivity contribution in [3.63, 3.8) is 0 Å². The Balaban J connectivity index is 1.69. The maximum absolute atomic E-state index is 11.4. The molecule has 3 heterocycles. The summed E-state index contributed by atoms with van der Waals surface area (Å²) in [6.07, 6.45) is 5.49. The van der Waals surface area contributed by atoms with E-state index in [0.29, 0.717) is 5.92 Å². The van der Waals surface area contributed by atoms with Crippen LogP contribution in [0.2, 0.25) is 0 Å². The molecule has 116 valence electrons. The largest absolute Gasteiger partial charge is 0.361 e. The van der Waals surface area contributed by atoms with Gasteiger partial charge in [-0.25, -0.2) is 0 Å². The van der Waals surface area contributed by atoms with Crippen LogP contribution in [0.1, 0.15) is 30.5 Å². The van der Waals surface area contributed by atoms with Crippen LogP contribution in [0.15, 0.2) is 16.9 Å². The molecule has 1 unspecified atom stereocenters. The average molecular weight is 300 g/mol. The molecule has 0 bridgehead atoms. The lowest BCUT2D eigenvalue weighted by Gasteiger charge is -2.13. The van der Waals surface area contributed by atoms with Crippen LogP contribution in [0.5, 0.6) is 0 Å². The molecule has 3 rings (SSSR count). The number of carbonyl (C=O) groups excluding carboxylic acids is 1. The van der Waals surface area contributed by atoms with Gasteiger partial charge in [-0.15, -0.1) is 0 Å². The van der Waals surface area contributed by atoms with E-state index in [1.165, 1.54) is 0 Å². The molecule has 1 saturated heterocycles. The number of nitrogens with zero attached hydrogens (tertiary/aromatic N) is 4. The minimum absolute atomic E-state index is 0.155. The second-order valence-electron chi connectivity index (χ2n) is 5.92. The first-order chi connectivity index (χ1) is 10.5. The molecule has 6 nitrogen and oxygen atoms in total. The molecule has 1 aliphatic heterocycles. The summed E-state index contributed by atoms with van der Waals surface area (Å²) < 4.78 is 5.17. The summed E-state index contributed by atoms with van der Waals surface area (Å²) in [6, 6.07) is 0. The molecule has 0 aliphatic carbocycles. The third kappa shape index (κ3) is 2.86. The Hall–Kier alpha value is -2.24. The third-order valence-electron chi connectivity index (χ3n) is 4.22. The quantitative estimate of drug-likeness (QED) is 0.868. The lowest BCUT2D eigenvalue weighted by molar-refractivity contribution is -0.127. The lowest BCUT2D eigenvalue weighted by Crippen LogP contribution is -2.26. The zero-order valence-corrected chi connectivity index (χ0v) is 13.2. The number of aryl methyl sites for hydroxylation is 2. The van der Waals surface area contributed by atoms with Crippen LogP contribution < -0.4 is 0 Å². The summed E-state index contributed by atoms with van der Waals surface area (Å²) in [5.74, 6) is 1.39. The van der Waals surface area contributed by atoms with Crippen molar-refractivity contribution < 1.29 is 9.32 Å². The van der Waals surface area contributed by atoms with Gasteiger partial charge in [0.25, 0.3) is 0 Å². The second kappa shape index (κ2) is 5.87. The fourth-order valence-electron chi connectivity index (χ4n) is 3.02. The average Bonchev–Trinajstić information content (AvgIpc) is 3.08. The SMILES string of the molecule is CC(=O)N1CCC(Cc2cnc(-c3c(C)noc3C)cn2)C1. The Morgan fingerprint density at radius 3 is 2.73 bits per heavy atom. The first kappa shape index (κ1) is 14.7. The van der Waals surface area contributed by atoms with Crippen molar-refractivity contribution in [3.05, 3.63) is 29.5 Å². The van der Waals surface area contributed by atoms with Crippen LogP contribution in [0, 0.1) is 19.8 Å². The van der Waals surface area contributed by atoms with Crippen molar-refractivity contribution in [1.29, 1.82) is 0 Å². The first-order valence-corrected chi connectivity index (χ1v) is 7.54. The smallest absolute Gasteiger partial charge is 0.219 e. The Bertz CT molecular complexity index is 658. The van der Waals surface area contributed by atoms with E-state index >= 15 is 0 Å². The van der Waals surface area contributed by atoms with E-state index in [0.717, 1.165) is 54.3 Å². The molecule has 22 heavy (non-hydrogen) atoms. The Morgan fingerprint density at radius 1 is 1.36 bits per heavy atom. The van der Waals surface area contributed by atoms with E-state index in [4.69, 9.17) is 4.52 Å². The number of hydrogen-bond acceptors (Lipinski definition) is 5. The molecule has 1 aliphatic rings. The summed E-state index contributed by atoms with van der Waals surface area (Å²) in [4.78, 5) is 22.3. The van der Waals surface area contributed by atoms with E-state index in [9.17, 15) is 4.79 Å². The summed E-state index contributed by atoms with van der Waals surface area (Å²) in [5, 5.41) is 3.94. The fourth-order valence-corrected chi connectivity index (χ4v) is 3.02. The van der Waals surface area contributed by atoms with Gasteiger partial charge in [0.15, 0.2) is 0 Å². The first-order valence-electron chi connectivity index (χ1n) is 7.54. The molecule has 2 aromatic heterocycles. The van der Waals surface area contributed by atoms with E-state index in [2.05, 4.69) is 15.1 Å². The predicted octanol–water partition coefficient (Wildman–Crippen LogP) is 2.16. The molecule has 0 N–H and O–H groups in total. The third-order valence-corrected chi connectivity index (χ3v) is 4.22. The maximum atomic E-state index is 11.4. The van der Waals surface area contributed by atoms with E-state index in [1.54, 1.807) is 13.1 Å². The van der Waals surface area contributed by atoms with Gasteiger partial charge in [-0.3, -0.25) is 14.8 Å². The van der Waals surface area contributed by atoms with Crippen LogP contribution in [0.3, 0.4) is 0 Å². The topological polar surface area (TPSA) is 72.1 Å². The monoisotopic (exact) mass is 300 g/mol. The molecule has 0 saturated carbocycles. The molecule has 6 heteroatoms. The van der Waals surface area contributed by atoms with Crippen molar-refractivity contribution in [2.75, 3.05) is 13.1 Å². The number of rotatable bonds is 3. The molecule has 1 atom stereocenters. The van der Waals surface area contributed by atoms with Crippen molar-refractivity contribution in [2.24, 2.45) is 5.92 Å². The summed E-state index contributed by atoms with van der Waals surface area (Å²) in [7, 11) is 0. The van der Waals surface area contributed by atoms with Crippen molar-refractivity contribution >= 4 is 5.91 Å². The van der Waals surface area contributed by atoms with Crippen molar-refractivity contribution in [1.82, 2.24) is 20.0 Å². The van der Waals surface area contributed by atoms with Crippen LogP contribution in [-0.2, 0) is 11.2 Å².